The predicted molar refractivity (Wildman–Crippen MR) is 62.1 cm³/mol. The van der Waals surface area contributed by atoms with Gasteiger partial charge >= 0.3 is 0 Å². The van der Waals surface area contributed by atoms with Gasteiger partial charge in [0.05, 0.1) is 0 Å². The molecular formula is C10H25NS. The fourth-order valence-corrected chi connectivity index (χ4v) is 1.41. The van der Waals surface area contributed by atoms with Crippen molar-refractivity contribution in [3.8, 4) is 0 Å². The van der Waals surface area contributed by atoms with E-state index >= 15 is 0 Å². The van der Waals surface area contributed by atoms with Crippen LogP contribution < -0.4 is 0 Å². The highest BCUT2D eigenvalue weighted by molar-refractivity contribution is 7.98. The van der Waals surface area contributed by atoms with Crippen molar-refractivity contribution >= 4 is 11.8 Å². The van der Waals surface area contributed by atoms with E-state index in [1.54, 1.807) is 0 Å². The molecule has 0 unspecified atom stereocenters. The number of thioether (sulfide) groups is 1. The molecule has 0 atom stereocenters. The molecule has 2 heteroatoms. The zero-order valence-electron chi connectivity index (χ0n) is 9.55. The zero-order valence-corrected chi connectivity index (χ0v) is 10.4. The second-order valence-corrected chi connectivity index (χ2v) is 3.70. The van der Waals surface area contributed by atoms with E-state index in [1.807, 2.05) is 25.6 Å². The van der Waals surface area contributed by atoms with E-state index < -0.39 is 0 Å². The van der Waals surface area contributed by atoms with Crippen molar-refractivity contribution in [1.29, 1.82) is 0 Å². The van der Waals surface area contributed by atoms with Gasteiger partial charge in [0.15, 0.2) is 0 Å². The molecule has 0 aromatic heterocycles. The van der Waals surface area contributed by atoms with Crippen molar-refractivity contribution < 1.29 is 0 Å². The molecule has 0 N–H and O–H groups in total. The van der Waals surface area contributed by atoms with Gasteiger partial charge < -0.3 is 4.90 Å². The molecule has 0 aromatic rings. The molecule has 0 rings (SSSR count). The van der Waals surface area contributed by atoms with Crippen molar-refractivity contribution in [3.05, 3.63) is 0 Å². The summed E-state index contributed by atoms with van der Waals surface area (Å²) in [7, 11) is 0. The second kappa shape index (κ2) is 11.3. The van der Waals surface area contributed by atoms with Gasteiger partial charge in [0.25, 0.3) is 0 Å². The van der Waals surface area contributed by atoms with Gasteiger partial charge in [0.2, 0.25) is 0 Å². The van der Waals surface area contributed by atoms with E-state index in [0.717, 1.165) is 0 Å². The van der Waals surface area contributed by atoms with Gasteiger partial charge in [0.1, 0.15) is 0 Å². The average Bonchev–Trinajstić information content (AvgIpc) is 2.09. The molecule has 12 heavy (non-hydrogen) atoms. The first-order valence-electron chi connectivity index (χ1n) is 4.95. The average molecular weight is 191 g/mol. The highest BCUT2D eigenvalue weighted by Crippen LogP contribution is 1.99. The van der Waals surface area contributed by atoms with Gasteiger partial charge in [0, 0.05) is 18.3 Å². The number of rotatable bonds is 5. The lowest BCUT2D eigenvalue weighted by molar-refractivity contribution is 0.249. The molecule has 0 saturated carbocycles. The van der Waals surface area contributed by atoms with Crippen LogP contribution in [0.3, 0.4) is 0 Å². The summed E-state index contributed by atoms with van der Waals surface area (Å²) >= 11 is 1.92. The lowest BCUT2D eigenvalue weighted by Crippen LogP contribution is -2.32. The Bertz CT molecular complexity index is 74.2. The maximum atomic E-state index is 2.48. The van der Waals surface area contributed by atoms with E-state index in [1.165, 1.54) is 18.8 Å². The Kier molecular flexibility index (Phi) is 14.0. The lowest BCUT2D eigenvalue weighted by Gasteiger charge is -2.23. The quantitative estimate of drug-likeness (QED) is 0.657. The topological polar surface area (TPSA) is 3.24 Å². The van der Waals surface area contributed by atoms with E-state index in [0.29, 0.717) is 6.04 Å². The number of nitrogens with zero attached hydrogens (tertiary/aromatic N) is 1. The van der Waals surface area contributed by atoms with Crippen LogP contribution in [0.25, 0.3) is 0 Å². The molecule has 0 radical (unpaired) electrons. The van der Waals surface area contributed by atoms with Crippen LogP contribution in [0.5, 0.6) is 0 Å². The van der Waals surface area contributed by atoms with Crippen LogP contribution >= 0.6 is 11.8 Å². The third kappa shape index (κ3) is 8.41. The van der Waals surface area contributed by atoms with Gasteiger partial charge in [-0.1, -0.05) is 20.8 Å². The highest BCUT2D eigenvalue weighted by Gasteiger charge is 2.04. The van der Waals surface area contributed by atoms with Crippen LogP contribution in [0.2, 0.25) is 0 Å². The molecule has 0 aromatic carbocycles. The normalized spacial score (nSPS) is 10.0. The van der Waals surface area contributed by atoms with Crippen molar-refractivity contribution in [2.45, 2.75) is 40.7 Å². The Balaban J connectivity index is 0. The molecular weight excluding hydrogens is 166 g/mol. The number of hydrogen-bond donors (Lipinski definition) is 0. The van der Waals surface area contributed by atoms with Crippen LogP contribution in [-0.4, -0.2) is 36.0 Å². The van der Waals surface area contributed by atoms with Crippen LogP contribution in [0.1, 0.15) is 34.6 Å². The highest BCUT2D eigenvalue weighted by atomic mass is 32.2. The second-order valence-electron chi connectivity index (χ2n) is 2.72. The van der Waals surface area contributed by atoms with E-state index in [9.17, 15) is 0 Å². The lowest BCUT2D eigenvalue weighted by atomic mass is 10.3. The zero-order chi connectivity index (χ0) is 9.98. The maximum Gasteiger partial charge on any atom is 0.00748 e. The Morgan fingerprint density at radius 2 is 1.75 bits per heavy atom. The maximum absolute atomic E-state index is 2.48. The summed E-state index contributed by atoms with van der Waals surface area (Å²) in [6, 6.07) is 0.706. The van der Waals surface area contributed by atoms with Crippen molar-refractivity contribution in [1.82, 2.24) is 4.90 Å². The smallest absolute Gasteiger partial charge is 0.00748 e. The molecule has 0 bridgehead atoms. The van der Waals surface area contributed by atoms with Gasteiger partial charge in [-0.05, 0) is 26.6 Å². The molecule has 1 nitrogen and oxygen atoms in total. The van der Waals surface area contributed by atoms with Gasteiger partial charge in [-0.25, -0.2) is 0 Å². The third-order valence-electron chi connectivity index (χ3n) is 1.72. The van der Waals surface area contributed by atoms with Crippen LogP contribution in [0.4, 0.5) is 0 Å². The first-order chi connectivity index (χ1) is 5.72. The van der Waals surface area contributed by atoms with E-state index in [4.69, 9.17) is 0 Å². The molecule has 0 aliphatic rings. The minimum absolute atomic E-state index is 0.706. The molecule has 0 aliphatic carbocycles. The summed E-state index contributed by atoms with van der Waals surface area (Å²) in [6.07, 6.45) is 2.16. The first kappa shape index (κ1) is 14.8. The fourth-order valence-electron chi connectivity index (χ4n) is 0.990. The molecule has 76 valence electrons. The summed E-state index contributed by atoms with van der Waals surface area (Å²) in [6.45, 7) is 13.1. The molecule has 0 spiro atoms. The molecule has 0 aliphatic heterocycles. The minimum Gasteiger partial charge on any atom is -0.300 e. The van der Waals surface area contributed by atoms with Gasteiger partial charge in [-0.3, -0.25) is 0 Å². The van der Waals surface area contributed by atoms with Crippen LogP contribution in [0.15, 0.2) is 0 Å². The summed E-state index contributed by atoms with van der Waals surface area (Å²) in [5, 5.41) is 0. The summed E-state index contributed by atoms with van der Waals surface area (Å²) in [5.41, 5.74) is 0. The Morgan fingerprint density at radius 1 is 1.25 bits per heavy atom. The molecule has 0 fully saturated rings. The largest absolute Gasteiger partial charge is 0.300 e. The van der Waals surface area contributed by atoms with Gasteiger partial charge in [-0.2, -0.15) is 11.8 Å². The standard InChI is InChI=1S/C8H19NS.C2H6/c1-5-9(8(2)3)6-7-10-4;1-2/h8H,5-7H2,1-4H3;1-2H3. The fraction of sp³-hybridized carbons (Fsp3) is 1.00. The van der Waals surface area contributed by atoms with Crippen molar-refractivity contribution in [2.75, 3.05) is 25.1 Å². The van der Waals surface area contributed by atoms with E-state index in [-0.39, 0.29) is 0 Å². The van der Waals surface area contributed by atoms with E-state index in [2.05, 4.69) is 31.9 Å². The van der Waals surface area contributed by atoms with Crippen molar-refractivity contribution in [2.24, 2.45) is 0 Å². The molecule has 0 saturated heterocycles. The summed E-state index contributed by atoms with van der Waals surface area (Å²) in [4.78, 5) is 2.48. The predicted octanol–water partition coefficient (Wildman–Crippen LogP) is 3.11. The van der Waals surface area contributed by atoms with Gasteiger partial charge in [-0.15, -0.1) is 0 Å². The minimum atomic E-state index is 0.706. The Hall–Kier alpha value is 0.310. The number of hydrogen-bond acceptors (Lipinski definition) is 2. The Morgan fingerprint density at radius 3 is 2.00 bits per heavy atom. The molecule has 0 amide bonds. The first-order valence-corrected chi connectivity index (χ1v) is 6.34. The van der Waals surface area contributed by atoms with Crippen LogP contribution in [-0.2, 0) is 0 Å². The van der Waals surface area contributed by atoms with Crippen molar-refractivity contribution in [3.63, 3.8) is 0 Å². The SMILES string of the molecule is CC.CCN(CCSC)C(C)C. The van der Waals surface area contributed by atoms with Crippen LogP contribution in [0, 0.1) is 0 Å². The molecule has 0 heterocycles. The monoisotopic (exact) mass is 191 g/mol. The summed E-state index contributed by atoms with van der Waals surface area (Å²) < 4.78 is 0. The Labute approximate surface area is 82.9 Å². The summed E-state index contributed by atoms with van der Waals surface area (Å²) in [5.74, 6) is 1.26. The third-order valence-corrected chi connectivity index (χ3v) is 2.31.